The molecule has 0 saturated heterocycles. The van der Waals surface area contributed by atoms with E-state index in [1.807, 2.05) is 6.92 Å². The molecule has 0 amide bonds. The topological polar surface area (TPSA) is 111 Å². The van der Waals surface area contributed by atoms with Crippen LogP contribution < -0.4 is 4.74 Å². The Morgan fingerprint density at radius 1 is 1.50 bits per heavy atom. The van der Waals surface area contributed by atoms with Crippen molar-refractivity contribution < 1.29 is 14.1 Å². The quantitative estimate of drug-likeness (QED) is 0.292. The van der Waals surface area contributed by atoms with E-state index in [9.17, 15) is 10.1 Å². The molecule has 2 aromatic heterocycles. The number of nitrogens with one attached hydrogen (secondary N) is 1. The van der Waals surface area contributed by atoms with Gasteiger partial charge in [-0.15, -0.1) is 5.10 Å². The molecule has 1 N–H and O–H groups in total. The van der Waals surface area contributed by atoms with Crippen molar-refractivity contribution in [2.45, 2.75) is 13.3 Å². The normalized spacial score (nSPS) is 11.1. The first-order valence-electron chi connectivity index (χ1n) is 7.77. The van der Waals surface area contributed by atoms with E-state index in [-0.39, 0.29) is 16.2 Å². The number of benzene rings is 1. The highest BCUT2D eigenvalue weighted by Crippen LogP contribution is 2.27. The minimum Gasteiger partial charge on any atom is -0.487 e. The molecule has 0 atom stereocenters. The number of nitro benzene ring substituents is 1. The average Bonchev–Trinajstić information content (AvgIpc) is 3.28. The maximum Gasteiger partial charge on any atom is 0.311 e. The van der Waals surface area contributed by atoms with E-state index in [4.69, 9.17) is 21.4 Å². The van der Waals surface area contributed by atoms with Crippen LogP contribution in [0.2, 0.25) is 0 Å². The van der Waals surface area contributed by atoms with Crippen molar-refractivity contribution in [3.63, 3.8) is 0 Å². The molecule has 0 bridgehead atoms. The third kappa shape index (κ3) is 3.70. The van der Waals surface area contributed by atoms with Crippen LogP contribution >= 0.6 is 12.2 Å². The van der Waals surface area contributed by atoms with Crippen molar-refractivity contribution >= 4 is 24.1 Å². The Labute approximate surface area is 153 Å². The van der Waals surface area contributed by atoms with E-state index in [0.29, 0.717) is 23.8 Å². The van der Waals surface area contributed by atoms with Crippen LogP contribution in [0.3, 0.4) is 0 Å². The molecule has 134 valence electrons. The molecule has 1 aromatic carbocycles. The van der Waals surface area contributed by atoms with Crippen LogP contribution in [0.4, 0.5) is 5.69 Å². The number of H-pyrrole nitrogens is 1. The Kier molecular flexibility index (Phi) is 5.23. The van der Waals surface area contributed by atoms with Crippen molar-refractivity contribution in [1.82, 2.24) is 14.9 Å². The highest BCUT2D eigenvalue weighted by molar-refractivity contribution is 7.71. The van der Waals surface area contributed by atoms with E-state index in [2.05, 4.69) is 15.3 Å². The largest absolute Gasteiger partial charge is 0.487 e. The lowest BCUT2D eigenvalue weighted by molar-refractivity contribution is -0.385. The van der Waals surface area contributed by atoms with Gasteiger partial charge in [-0.3, -0.25) is 10.1 Å². The van der Waals surface area contributed by atoms with Gasteiger partial charge < -0.3 is 9.15 Å². The molecule has 0 aliphatic heterocycles. The van der Waals surface area contributed by atoms with Crippen molar-refractivity contribution in [2.75, 3.05) is 6.61 Å². The summed E-state index contributed by atoms with van der Waals surface area (Å²) in [6.07, 6.45) is 3.72. The Balaban J connectivity index is 1.92. The van der Waals surface area contributed by atoms with Crippen LogP contribution in [-0.4, -0.2) is 32.6 Å². The summed E-state index contributed by atoms with van der Waals surface area (Å²) in [5.74, 6) is 1.11. The van der Waals surface area contributed by atoms with Gasteiger partial charge in [-0.05, 0) is 42.9 Å². The Morgan fingerprint density at radius 3 is 3.04 bits per heavy atom. The van der Waals surface area contributed by atoms with Gasteiger partial charge in [0, 0.05) is 11.6 Å². The predicted octanol–water partition coefficient (Wildman–Crippen LogP) is 3.78. The number of hydrogen-bond donors (Lipinski definition) is 1. The molecular formula is C16H15N5O4S. The molecule has 9 nitrogen and oxygen atoms in total. The number of nitro groups is 1. The van der Waals surface area contributed by atoms with Crippen molar-refractivity contribution in [3.05, 3.63) is 57.0 Å². The summed E-state index contributed by atoms with van der Waals surface area (Å²) < 4.78 is 12.3. The van der Waals surface area contributed by atoms with E-state index in [0.717, 1.165) is 6.42 Å². The maximum atomic E-state index is 11.3. The van der Waals surface area contributed by atoms with Crippen LogP contribution in [0.5, 0.6) is 5.75 Å². The average molecular weight is 373 g/mol. The second kappa shape index (κ2) is 7.74. The lowest BCUT2D eigenvalue weighted by atomic mass is 10.2. The van der Waals surface area contributed by atoms with Gasteiger partial charge in [-0.1, -0.05) is 6.92 Å². The van der Waals surface area contributed by atoms with E-state index in [1.165, 1.54) is 23.2 Å². The van der Waals surface area contributed by atoms with Crippen molar-refractivity contribution in [1.29, 1.82) is 0 Å². The Bertz CT molecular complexity index is 990. The lowest BCUT2D eigenvalue weighted by Crippen LogP contribution is -2.00. The SMILES string of the molecule is CCCOc1ccc(/C=N\n2c(-c3ccco3)n[nH]c2=S)cc1[N+](=O)[O-]. The zero-order valence-electron chi connectivity index (χ0n) is 13.8. The molecule has 3 rings (SSSR count). The van der Waals surface area contributed by atoms with E-state index < -0.39 is 4.92 Å². The van der Waals surface area contributed by atoms with Gasteiger partial charge in [0.15, 0.2) is 11.5 Å². The molecule has 26 heavy (non-hydrogen) atoms. The van der Waals surface area contributed by atoms with Gasteiger partial charge in [-0.2, -0.15) is 9.78 Å². The van der Waals surface area contributed by atoms with E-state index >= 15 is 0 Å². The number of furan rings is 1. The van der Waals surface area contributed by atoms with E-state index in [1.54, 1.807) is 24.3 Å². The van der Waals surface area contributed by atoms with Crippen molar-refractivity contribution in [2.24, 2.45) is 5.10 Å². The van der Waals surface area contributed by atoms with Crippen LogP contribution in [-0.2, 0) is 0 Å². The Morgan fingerprint density at radius 2 is 2.35 bits per heavy atom. The molecule has 2 heterocycles. The molecule has 0 radical (unpaired) electrons. The lowest BCUT2D eigenvalue weighted by Gasteiger charge is -2.05. The molecule has 0 fully saturated rings. The fraction of sp³-hybridized carbons (Fsp3) is 0.188. The fourth-order valence-corrected chi connectivity index (χ4v) is 2.36. The minimum atomic E-state index is -0.486. The minimum absolute atomic E-state index is 0.121. The number of nitrogens with zero attached hydrogens (tertiary/aromatic N) is 4. The summed E-state index contributed by atoms with van der Waals surface area (Å²) in [4.78, 5) is 10.8. The molecule has 0 aliphatic carbocycles. The second-order valence-electron chi connectivity index (χ2n) is 5.22. The van der Waals surface area contributed by atoms with Crippen LogP contribution in [0.1, 0.15) is 18.9 Å². The number of ether oxygens (including phenoxy) is 1. The molecule has 0 aliphatic rings. The van der Waals surface area contributed by atoms with Gasteiger partial charge >= 0.3 is 5.69 Å². The number of hydrogen-bond acceptors (Lipinski definition) is 7. The summed E-state index contributed by atoms with van der Waals surface area (Å²) in [6, 6.07) is 8.07. The molecule has 0 unspecified atom stereocenters. The van der Waals surface area contributed by atoms with Crippen LogP contribution in [0.15, 0.2) is 46.1 Å². The molecular weight excluding hydrogens is 358 g/mol. The van der Waals surface area contributed by atoms with Gasteiger partial charge in [0.2, 0.25) is 10.6 Å². The number of aromatic amines is 1. The zero-order chi connectivity index (χ0) is 18.5. The second-order valence-corrected chi connectivity index (χ2v) is 5.61. The first-order chi connectivity index (χ1) is 12.6. The standard InChI is InChI=1S/C16H15N5O4S/c1-2-7-24-13-6-5-11(9-12(13)21(22)23)10-17-20-15(18-19-16(20)26)14-4-3-8-25-14/h3-6,8-10H,2,7H2,1H3,(H,19,26)/b17-10-. The Hall–Kier alpha value is -3.27. The maximum absolute atomic E-state index is 11.3. The first kappa shape index (κ1) is 17.5. The molecule has 3 aromatic rings. The van der Waals surface area contributed by atoms with Gasteiger partial charge in [-0.25, -0.2) is 5.10 Å². The van der Waals surface area contributed by atoms with Crippen LogP contribution in [0, 0.1) is 14.9 Å². The number of aromatic nitrogens is 3. The summed E-state index contributed by atoms with van der Waals surface area (Å²) in [5.41, 5.74) is 0.401. The van der Waals surface area contributed by atoms with Crippen LogP contribution in [0.25, 0.3) is 11.6 Å². The monoisotopic (exact) mass is 373 g/mol. The fourth-order valence-electron chi connectivity index (χ4n) is 2.18. The zero-order valence-corrected chi connectivity index (χ0v) is 14.6. The third-order valence-corrected chi connectivity index (χ3v) is 3.62. The first-order valence-corrected chi connectivity index (χ1v) is 8.18. The highest BCUT2D eigenvalue weighted by Gasteiger charge is 2.16. The van der Waals surface area contributed by atoms with Crippen molar-refractivity contribution in [3.8, 4) is 17.3 Å². The summed E-state index contributed by atoms with van der Waals surface area (Å²) >= 11 is 5.16. The highest BCUT2D eigenvalue weighted by atomic mass is 32.1. The molecule has 0 spiro atoms. The third-order valence-electron chi connectivity index (χ3n) is 3.36. The van der Waals surface area contributed by atoms with Gasteiger partial charge in [0.1, 0.15) is 0 Å². The van der Waals surface area contributed by atoms with Gasteiger partial charge in [0.25, 0.3) is 0 Å². The van der Waals surface area contributed by atoms with Gasteiger partial charge in [0.05, 0.1) is 24.0 Å². The molecule has 10 heteroatoms. The summed E-state index contributed by atoms with van der Waals surface area (Å²) in [6.45, 7) is 2.34. The summed E-state index contributed by atoms with van der Waals surface area (Å²) in [5, 5.41) is 22.2. The predicted molar refractivity (Wildman–Crippen MR) is 97.0 cm³/mol. The smallest absolute Gasteiger partial charge is 0.311 e. The molecule has 0 saturated carbocycles. The summed E-state index contributed by atoms with van der Waals surface area (Å²) in [7, 11) is 0. The number of rotatable bonds is 7.